The van der Waals surface area contributed by atoms with Gasteiger partial charge in [-0.15, -0.1) is 11.6 Å². The molecule has 0 fully saturated rings. The van der Waals surface area contributed by atoms with Crippen LogP contribution in [0, 0.1) is 0 Å². The van der Waals surface area contributed by atoms with Crippen LogP contribution in [0.1, 0.15) is 6.42 Å². The Kier molecular flexibility index (Phi) is 2.14. The second kappa shape index (κ2) is 2.72. The Morgan fingerprint density at radius 2 is 2.33 bits per heavy atom. The molecule has 1 atom stereocenters. The van der Waals surface area contributed by atoms with Crippen LogP contribution >= 0.6 is 23.2 Å². The molecular weight excluding hydrogens is 162 g/mol. The summed E-state index contributed by atoms with van der Waals surface area (Å²) in [6.07, 6.45) is 3.16. The normalized spacial score (nSPS) is 27.2. The molecule has 0 heterocycles. The Hall–Kier alpha value is -0.0100. The highest BCUT2D eigenvalue weighted by atomic mass is 35.5. The summed E-state index contributed by atoms with van der Waals surface area (Å²) in [7, 11) is 0. The van der Waals surface area contributed by atoms with Crippen molar-refractivity contribution in [1.29, 1.82) is 0 Å². The van der Waals surface area contributed by atoms with Crippen LogP contribution < -0.4 is 0 Å². The maximum Gasteiger partial charge on any atom is 0.121 e. The molecule has 0 aliphatic heterocycles. The van der Waals surface area contributed by atoms with Crippen molar-refractivity contribution in [3.8, 4) is 0 Å². The van der Waals surface area contributed by atoms with Crippen molar-refractivity contribution in [2.24, 2.45) is 0 Å². The zero-order chi connectivity index (χ0) is 6.85. The van der Waals surface area contributed by atoms with Gasteiger partial charge in [0, 0.05) is 11.5 Å². The molecule has 1 aliphatic carbocycles. The Bertz CT molecular complexity index is 172. The van der Waals surface area contributed by atoms with E-state index in [0.29, 0.717) is 11.5 Å². The van der Waals surface area contributed by atoms with E-state index in [-0.39, 0.29) is 11.2 Å². The van der Waals surface area contributed by atoms with Gasteiger partial charge >= 0.3 is 0 Å². The van der Waals surface area contributed by atoms with Crippen LogP contribution in [-0.2, 0) is 0 Å². The summed E-state index contributed by atoms with van der Waals surface area (Å²) in [6, 6.07) is 0. The zero-order valence-electron chi connectivity index (χ0n) is 4.57. The summed E-state index contributed by atoms with van der Waals surface area (Å²) >= 11 is 11.1. The van der Waals surface area contributed by atoms with Crippen LogP contribution in [0.3, 0.4) is 0 Å². The standard InChI is InChI=1S/C6H5Cl2F/c7-4-1-5(8)3-6(9)2-4/h2-4H,1H2. The summed E-state index contributed by atoms with van der Waals surface area (Å²) < 4.78 is 12.3. The van der Waals surface area contributed by atoms with Crippen LogP contribution in [0.25, 0.3) is 0 Å². The van der Waals surface area contributed by atoms with Crippen molar-refractivity contribution in [2.75, 3.05) is 0 Å². The molecule has 0 aromatic heterocycles. The van der Waals surface area contributed by atoms with Gasteiger partial charge in [0.2, 0.25) is 0 Å². The molecule has 0 nitrogen and oxygen atoms in total. The van der Waals surface area contributed by atoms with E-state index in [1.165, 1.54) is 12.2 Å². The Morgan fingerprint density at radius 3 is 2.78 bits per heavy atom. The highest BCUT2D eigenvalue weighted by Crippen LogP contribution is 2.24. The van der Waals surface area contributed by atoms with Crippen LogP contribution in [0.4, 0.5) is 4.39 Å². The third-order valence-electron chi connectivity index (χ3n) is 1.02. The van der Waals surface area contributed by atoms with Gasteiger partial charge in [0.1, 0.15) is 5.83 Å². The molecule has 0 spiro atoms. The molecule has 1 unspecified atom stereocenters. The topological polar surface area (TPSA) is 0 Å². The lowest BCUT2D eigenvalue weighted by Gasteiger charge is -2.07. The van der Waals surface area contributed by atoms with E-state index in [1.807, 2.05) is 0 Å². The van der Waals surface area contributed by atoms with Gasteiger partial charge in [-0.3, -0.25) is 0 Å². The highest BCUT2D eigenvalue weighted by molar-refractivity contribution is 6.31. The third kappa shape index (κ3) is 1.99. The summed E-state index contributed by atoms with van der Waals surface area (Å²) in [5.41, 5.74) is 0. The third-order valence-corrected chi connectivity index (χ3v) is 1.57. The second-order valence-electron chi connectivity index (χ2n) is 1.86. The van der Waals surface area contributed by atoms with Crippen LogP contribution in [-0.4, -0.2) is 5.38 Å². The first-order valence-corrected chi connectivity index (χ1v) is 3.37. The molecule has 0 saturated carbocycles. The number of hydrogen-bond acceptors (Lipinski definition) is 0. The molecule has 0 amide bonds. The largest absolute Gasteiger partial charge is 0.207 e. The van der Waals surface area contributed by atoms with Gasteiger partial charge in [-0.1, -0.05) is 11.6 Å². The quantitative estimate of drug-likeness (QED) is 0.486. The molecule has 50 valence electrons. The second-order valence-corrected chi connectivity index (χ2v) is 2.91. The van der Waals surface area contributed by atoms with E-state index in [0.717, 1.165) is 0 Å². The molecule has 1 rings (SSSR count). The van der Waals surface area contributed by atoms with Crippen molar-refractivity contribution in [1.82, 2.24) is 0 Å². The van der Waals surface area contributed by atoms with Crippen LogP contribution in [0.2, 0.25) is 0 Å². The molecule has 0 N–H and O–H groups in total. The first-order valence-electron chi connectivity index (χ1n) is 2.56. The SMILES string of the molecule is FC1=CC(Cl)CC(Cl)=C1. The molecule has 0 aromatic rings. The van der Waals surface area contributed by atoms with Gasteiger partial charge in [-0.05, 0) is 12.2 Å². The summed E-state index contributed by atoms with van der Waals surface area (Å²) in [6.45, 7) is 0. The van der Waals surface area contributed by atoms with E-state index < -0.39 is 0 Å². The Morgan fingerprint density at radius 1 is 1.67 bits per heavy atom. The molecule has 3 heteroatoms. The molecule has 0 radical (unpaired) electrons. The minimum Gasteiger partial charge on any atom is -0.207 e. The zero-order valence-corrected chi connectivity index (χ0v) is 6.08. The van der Waals surface area contributed by atoms with E-state index >= 15 is 0 Å². The molecule has 9 heavy (non-hydrogen) atoms. The predicted molar refractivity (Wildman–Crippen MR) is 37.4 cm³/mol. The van der Waals surface area contributed by atoms with Gasteiger partial charge in [-0.2, -0.15) is 0 Å². The van der Waals surface area contributed by atoms with E-state index in [4.69, 9.17) is 23.2 Å². The first-order chi connectivity index (χ1) is 4.18. The lowest BCUT2D eigenvalue weighted by Crippen LogP contribution is -1.98. The van der Waals surface area contributed by atoms with E-state index in [2.05, 4.69) is 0 Å². The summed E-state index contributed by atoms with van der Waals surface area (Å²) in [5, 5.41) is 0.206. The van der Waals surface area contributed by atoms with Crippen LogP contribution in [0.15, 0.2) is 23.0 Å². The van der Waals surface area contributed by atoms with Gasteiger partial charge in [0.15, 0.2) is 0 Å². The van der Waals surface area contributed by atoms with Crippen molar-refractivity contribution in [3.63, 3.8) is 0 Å². The predicted octanol–water partition coefficient (Wildman–Crippen LogP) is 2.97. The van der Waals surface area contributed by atoms with Gasteiger partial charge in [-0.25, -0.2) is 4.39 Å². The van der Waals surface area contributed by atoms with Crippen molar-refractivity contribution in [3.05, 3.63) is 23.0 Å². The number of alkyl halides is 1. The van der Waals surface area contributed by atoms with E-state index in [9.17, 15) is 4.39 Å². The highest BCUT2D eigenvalue weighted by Gasteiger charge is 2.10. The average molecular weight is 167 g/mol. The molecule has 1 aliphatic rings. The monoisotopic (exact) mass is 166 g/mol. The minimum absolute atomic E-state index is 0.275. The van der Waals surface area contributed by atoms with Gasteiger partial charge in [0.05, 0.1) is 5.38 Å². The van der Waals surface area contributed by atoms with Crippen molar-refractivity contribution < 1.29 is 4.39 Å². The maximum absolute atomic E-state index is 12.3. The van der Waals surface area contributed by atoms with Crippen molar-refractivity contribution in [2.45, 2.75) is 11.8 Å². The maximum atomic E-state index is 12.3. The average Bonchev–Trinajstić information content (AvgIpc) is 1.59. The van der Waals surface area contributed by atoms with E-state index in [1.54, 1.807) is 0 Å². The summed E-state index contributed by atoms with van der Waals surface area (Å²) in [5.74, 6) is -0.341. The Balaban J connectivity index is 2.74. The van der Waals surface area contributed by atoms with Crippen LogP contribution in [0.5, 0.6) is 0 Å². The first kappa shape index (κ1) is 7.10. The number of halogens is 3. The number of allylic oxidation sites excluding steroid dienone is 4. The van der Waals surface area contributed by atoms with Gasteiger partial charge < -0.3 is 0 Å². The lowest BCUT2D eigenvalue weighted by atomic mass is 10.2. The lowest BCUT2D eigenvalue weighted by molar-refractivity contribution is 0.652. The molecule has 0 saturated heterocycles. The Labute approximate surface area is 63.0 Å². The molecule has 0 bridgehead atoms. The van der Waals surface area contributed by atoms with Gasteiger partial charge in [0.25, 0.3) is 0 Å². The fourth-order valence-electron chi connectivity index (χ4n) is 0.675. The molecule has 0 aromatic carbocycles. The molecular formula is C6H5Cl2F. The number of rotatable bonds is 0. The fourth-order valence-corrected chi connectivity index (χ4v) is 1.31. The number of hydrogen-bond donors (Lipinski definition) is 0. The van der Waals surface area contributed by atoms with Crippen molar-refractivity contribution >= 4 is 23.2 Å². The smallest absolute Gasteiger partial charge is 0.121 e. The summed E-state index contributed by atoms with van der Waals surface area (Å²) in [4.78, 5) is 0. The minimum atomic E-state index is -0.341. The fraction of sp³-hybridized carbons (Fsp3) is 0.333.